The van der Waals surface area contributed by atoms with E-state index < -0.39 is 5.97 Å². The number of carbonyl (C=O) groups is 2. The minimum Gasteiger partial charge on any atom is -0.464 e. The maximum absolute atomic E-state index is 11.6. The molecule has 0 fully saturated rings. The SMILES string of the molecule is COC(=O)c1nc(NC(C)c2ccccc2)sc1C(C)=O. The fourth-order valence-electron chi connectivity index (χ4n) is 1.87. The van der Waals surface area contributed by atoms with E-state index in [1.807, 2.05) is 37.3 Å². The van der Waals surface area contributed by atoms with Crippen LogP contribution in [0.2, 0.25) is 0 Å². The van der Waals surface area contributed by atoms with Gasteiger partial charge < -0.3 is 10.1 Å². The number of aromatic nitrogens is 1. The maximum Gasteiger partial charge on any atom is 0.358 e. The van der Waals surface area contributed by atoms with Gasteiger partial charge >= 0.3 is 5.97 Å². The standard InChI is InChI=1S/C15H16N2O3S/c1-9(11-7-5-4-6-8-11)16-15-17-12(14(19)20-3)13(21-15)10(2)18/h4-9H,1-3H3,(H,16,17). The summed E-state index contributed by atoms with van der Waals surface area (Å²) in [6, 6.07) is 9.87. The third-order valence-electron chi connectivity index (χ3n) is 2.97. The van der Waals surface area contributed by atoms with Crippen LogP contribution in [0.1, 0.15) is 45.6 Å². The number of nitrogens with one attached hydrogen (secondary N) is 1. The van der Waals surface area contributed by atoms with E-state index in [2.05, 4.69) is 15.0 Å². The van der Waals surface area contributed by atoms with Gasteiger partial charge in [0.15, 0.2) is 16.6 Å². The van der Waals surface area contributed by atoms with Crippen molar-refractivity contribution in [1.29, 1.82) is 0 Å². The molecule has 0 radical (unpaired) electrons. The van der Waals surface area contributed by atoms with Crippen molar-refractivity contribution in [2.24, 2.45) is 0 Å². The van der Waals surface area contributed by atoms with Gasteiger partial charge in [-0.05, 0) is 12.5 Å². The number of rotatable bonds is 5. The predicted octanol–water partition coefficient (Wildman–Crippen LogP) is 3.31. The molecule has 2 aromatic rings. The van der Waals surface area contributed by atoms with Gasteiger partial charge in [0.05, 0.1) is 13.2 Å². The molecule has 1 aromatic heterocycles. The smallest absolute Gasteiger partial charge is 0.358 e. The quantitative estimate of drug-likeness (QED) is 0.678. The first kappa shape index (κ1) is 15.2. The van der Waals surface area contributed by atoms with Crippen molar-refractivity contribution in [3.63, 3.8) is 0 Å². The van der Waals surface area contributed by atoms with Gasteiger partial charge in [-0.1, -0.05) is 41.7 Å². The lowest BCUT2D eigenvalue weighted by atomic mass is 10.1. The summed E-state index contributed by atoms with van der Waals surface area (Å²) in [4.78, 5) is 27.7. The molecular formula is C15H16N2O3S. The highest BCUT2D eigenvalue weighted by molar-refractivity contribution is 7.17. The van der Waals surface area contributed by atoms with Gasteiger partial charge in [0.1, 0.15) is 4.88 Å². The molecule has 0 aliphatic heterocycles. The Kier molecular flexibility index (Phi) is 4.70. The molecule has 0 aliphatic carbocycles. The first-order valence-electron chi connectivity index (χ1n) is 6.44. The van der Waals surface area contributed by atoms with E-state index in [-0.39, 0.29) is 17.5 Å². The summed E-state index contributed by atoms with van der Waals surface area (Å²) in [7, 11) is 1.27. The molecule has 21 heavy (non-hydrogen) atoms. The first-order valence-corrected chi connectivity index (χ1v) is 7.26. The summed E-state index contributed by atoms with van der Waals surface area (Å²) >= 11 is 1.16. The van der Waals surface area contributed by atoms with E-state index in [0.29, 0.717) is 10.0 Å². The van der Waals surface area contributed by atoms with Crippen LogP contribution in [0, 0.1) is 0 Å². The molecule has 0 aliphatic rings. The number of ether oxygens (including phenoxy) is 1. The van der Waals surface area contributed by atoms with Crippen molar-refractivity contribution in [3.8, 4) is 0 Å². The average molecular weight is 304 g/mol. The minimum atomic E-state index is -0.600. The number of esters is 1. The lowest BCUT2D eigenvalue weighted by molar-refractivity contribution is 0.0591. The molecule has 0 bridgehead atoms. The van der Waals surface area contributed by atoms with E-state index in [0.717, 1.165) is 16.9 Å². The number of benzene rings is 1. The number of ketones is 1. The molecule has 1 heterocycles. The molecule has 1 N–H and O–H groups in total. The van der Waals surface area contributed by atoms with Crippen molar-refractivity contribution in [2.45, 2.75) is 19.9 Å². The molecule has 2 rings (SSSR count). The van der Waals surface area contributed by atoms with Gasteiger partial charge in [-0.25, -0.2) is 9.78 Å². The highest BCUT2D eigenvalue weighted by atomic mass is 32.1. The van der Waals surface area contributed by atoms with E-state index in [1.165, 1.54) is 14.0 Å². The minimum absolute atomic E-state index is 0.0163. The van der Waals surface area contributed by atoms with Gasteiger partial charge in [0.2, 0.25) is 0 Å². The summed E-state index contributed by atoms with van der Waals surface area (Å²) in [6.45, 7) is 3.40. The second kappa shape index (κ2) is 6.49. The van der Waals surface area contributed by atoms with Crippen LogP contribution in [0.15, 0.2) is 30.3 Å². The van der Waals surface area contributed by atoms with Crippen molar-refractivity contribution in [3.05, 3.63) is 46.5 Å². The van der Waals surface area contributed by atoms with Gasteiger partial charge in [0.25, 0.3) is 0 Å². The molecule has 0 amide bonds. The van der Waals surface area contributed by atoms with Crippen LogP contribution in [0.3, 0.4) is 0 Å². The Bertz CT molecular complexity index is 652. The van der Waals surface area contributed by atoms with Crippen LogP contribution in [-0.4, -0.2) is 23.8 Å². The van der Waals surface area contributed by atoms with Gasteiger partial charge in [0, 0.05) is 6.92 Å². The number of methoxy groups -OCH3 is 1. The lowest BCUT2D eigenvalue weighted by Crippen LogP contribution is -2.08. The van der Waals surface area contributed by atoms with Crippen molar-refractivity contribution >= 4 is 28.2 Å². The molecule has 110 valence electrons. The summed E-state index contributed by atoms with van der Waals surface area (Å²) < 4.78 is 4.66. The summed E-state index contributed by atoms with van der Waals surface area (Å²) in [5.74, 6) is -0.801. The molecule has 1 atom stereocenters. The van der Waals surface area contributed by atoms with Crippen molar-refractivity contribution in [1.82, 2.24) is 4.98 Å². The van der Waals surface area contributed by atoms with E-state index in [4.69, 9.17) is 0 Å². The zero-order valence-corrected chi connectivity index (χ0v) is 12.9. The molecule has 5 nitrogen and oxygen atoms in total. The molecule has 0 saturated heterocycles. The van der Waals surface area contributed by atoms with Crippen molar-refractivity contribution < 1.29 is 14.3 Å². The fourth-order valence-corrected chi connectivity index (χ4v) is 2.80. The zero-order chi connectivity index (χ0) is 15.4. The predicted molar refractivity (Wildman–Crippen MR) is 81.9 cm³/mol. The maximum atomic E-state index is 11.6. The normalized spacial score (nSPS) is 11.8. The van der Waals surface area contributed by atoms with E-state index >= 15 is 0 Å². The molecule has 1 aromatic carbocycles. The highest BCUT2D eigenvalue weighted by Gasteiger charge is 2.22. The molecule has 1 unspecified atom stereocenters. The van der Waals surface area contributed by atoms with Crippen LogP contribution in [0.25, 0.3) is 0 Å². The molecular weight excluding hydrogens is 288 g/mol. The Hall–Kier alpha value is -2.21. The second-order valence-electron chi connectivity index (χ2n) is 4.52. The Morgan fingerprint density at radius 2 is 1.95 bits per heavy atom. The molecule has 0 saturated carbocycles. The summed E-state index contributed by atoms with van der Waals surface area (Å²) in [6.07, 6.45) is 0. The van der Waals surface area contributed by atoms with Gasteiger partial charge in [-0.3, -0.25) is 4.79 Å². The number of Topliss-reactive ketones (excluding diaryl/α,β-unsaturated/α-hetero) is 1. The number of hydrogen-bond acceptors (Lipinski definition) is 6. The van der Waals surface area contributed by atoms with E-state index in [1.54, 1.807) is 0 Å². The Morgan fingerprint density at radius 1 is 1.29 bits per heavy atom. The number of carbonyl (C=O) groups excluding carboxylic acids is 2. The van der Waals surface area contributed by atoms with Crippen LogP contribution in [0.4, 0.5) is 5.13 Å². The number of anilines is 1. The Balaban J connectivity index is 2.25. The Morgan fingerprint density at radius 3 is 2.52 bits per heavy atom. The number of hydrogen-bond donors (Lipinski definition) is 1. The van der Waals surface area contributed by atoms with Crippen LogP contribution < -0.4 is 5.32 Å². The summed E-state index contributed by atoms with van der Waals surface area (Å²) in [5.41, 5.74) is 1.16. The third-order valence-corrected chi connectivity index (χ3v) is 4.05. The largest absolute Gasteiger partial charge is 0.464 e. The van der Waals surface area contributed by atoms with Crippen LogP contribution in [-0.2, 0) is 4.74 Å². The van der Waals surface area contributed by atoms with Crippen LogP contribution in [0.5, 0.6) is 0 Å². The average Bonchev–Trinajstić information content (AvgIpc) is 2.91. The highest BCUT2D eigenvalue weighted by Crippen LogP contribution is 2.27. The van der Waals surface area contributed by atoms with Gasteiger partial charge in [-0.15, -0.1) is 0 Å². The topological polar surface area (TPSA) is 68.3 Å². The summed E-state index contributed by atoms with van der Waals surface area (Å²) in [5, 5.41) is 3.73. The number of thiazole rings is 1. The number of nitrogens with zero attached hydrogens (tertiary/aromatic N) is 1. The Labute approximate surface area is 127 Å². The zero-order valence-electron chi connectivity index (χ0n) is 12.0. The van der Waals surface area contributed by atoms with Gasteiger partial charge in [-0.2, -0.15) is 0 Å². The first-order chi connectivity index (χ1) is 10.0. The molecule has 0 spiro atoms. The fraction of sp³-hybridized carbons (Fsp3) is 0.267. The third kappa shape index (κ3) is 3.46. The lowest BCUT2D eigenvalue weighted by Gasteiger charge is -2.12. The second-order valence-corrected chi connectivity index (χ2v) is 5.52. The van der Waals surface area contributed by atoms with Crippen LogP contribution >= 0.6 is 11.3 Å². The van der Waals surface area contributed by atoms with E-state index in [9.17, 15) is 9.59 Å². The monoisotopic (exact) mass is 304 g/mol. The molecule has 6 heteroatoms. The van der Waals surface area contributed by atoms with Crippen molar-refractivity contribution in [2.75, 3.05) is 12.4 Å².